The van der Waals surface area contributed by atoms with Crippen LogP contribution in [0.4, 0.5) is 0 Å². The summed E-state index contributed by atoms with van der Waals surface area (Å²) in [7, 11) is 0. The van der Waals surface area contributed by atoms with Crippen molar-refractivity contribution in [2.75, 3.05) is 6.54 Å². The van der Waals surface area contributed by atoms with Gasteiger partial charge in [0, 0.05) is 18.1 Å². The van der Waals surface area contributed by atoms with E-state index in [1.807, 2.05) is 0 Å². The molecule has 102 valence electrons. The summed E-state index contributed by atoms with van der Waals surface area (Å²) < 4.78 is 0. The van der Waals surface area contributed by atoms with Crippen LogP contribution in [0.15, 0.2) is 0 Å². The molecule has 3 aliphatic rings. The number of carbonyl (C=O) groups is 1. The van der Waals surface area contributed by atoms with Gasteiger partial charge in [-0.1, -0.05) is 19.3 Å². The van der Waals surface area contributed by atoms with Gasteiger partial charge in [0.1, 0.15) is 0 Å². The molecule has 18 heavy (non-hydrogen) atoms. The van der Waals surface area contributed by atoms with Crippen molar-refractivity contribution in [3.05, 3.63) is 0 Å². The highest BCUT2D eigenvalue weighted by Crippen LogP contribution is 2.35. The zero-order valence-corrected chi connectivity index (χ0v) is 11.6. The van der Waals surface area contributed by atoms with E-state index < -0.39 is 0 Å². The van der Waals surface area contributed by atoms with Crippen LogP contribution < -0.4 is 5.32 Å². The smallest absolute Gasteiger partial charge is 0.240 e. The normalized spacial score (nSPS) is 32.6. The van der Waals surface area contributed by atoms with Gasteiger partial charge in [0.05, 0.1) is 6.04 Å². The number of hydrogen-bond donors (Lipinski definition) is 1. The first-order chi connectivity index (χ1) is 8.69. The summed E-state index contributed by atoms with van der Waals surface area (Å²) in [5.74, 6) is 0.387. The number of hydrogen-bond acceptors (Lipinski definition) is 2. The second-order valence-electron chi connectivity index (χ2n) is 6.68. The fourth-order valence-electron chi connectivity index (χ4n) is 3.68. The van der Waals surface area contributed by atoms with Gasteiger partial charge >= 0.3 is 0 Å². The second kappa shape index (κ2) is 4.84. The van der Waals surface area contributed by atoms with Crippen molar-refractivity contribution >= 4 is 5.91 Å². The lowest BCUT2D eigenvalue weighted by Gasteiger charge is -2.47. The van der Waals surface area contributed by atoms with E-state index >= 15 is 0 Å². The number of likely N-dealkylation sites (tertiary alicyclic amines) is 1. The van der Waals surface area contributed by atoms with Crippen LogP contribution in [0.1, 0.15) is 64.7 Å². The topological polar surface area (TPSA) is 32.3 Å². The van der Waals surface area contributed by atoms with Crippen molar-refractivity contribution in [1.29, 1.82) is 0 Å². The molecule has 3 heteroatoms. The summed E-state index contributed by atoms with van der Waals surface area (Å²) in [6.45, 7) is 3.29. The molecule has 0 aromatic rings. The van der Waals surface area contributed by atoms with Gasteiger partial charge in [-0.15, -0.1) is 0 Å². The van der Waals surface area contributed by atoms with E-state index in [4.69, 9.17) is 0 Å². The zero-order chi connectivity index (χ0) is 12.6. The van der Waals surface area contributed by atoms with Gasteiger partial charge < -0.3 is 10.2 Å². The van der Waals surface area contributed by atoms with E-state index in [1.54, 1.807) is 0 Å². The third-order valence-corrected chi connectivity index (χ3v) is 5.04. The predicted molar refractivity (Wildman–Crippen MR) is 72.4 cm³/mol. The predicted octanol–water partition coefficient (Wildman–Crippen LogP) is 2.45. The molecule has 1 unspecified atom stereocenters. The molecule has 0 aromatic carbocycles. The van der Waals surface area contributed by atoms with Crippen LogP contribution in [-0.4, -0.2) is 35.0 Å². The van der Waals surface area contributed by atoms with Crippen molar-refractivity contribution < 1.29 is 4.79 Å². The zero-order valence-electron chi connectivity index (χ0n) is 11.6. The Hall–Kier alpha value is -0.570. The van der Waals surface area contributed by atoms with Crippen LogP contribution in [0.3, 0.4) is 0 Å². The molecule has 1 saturated heterocycles. The first-order valence-electron chi connectivity index (χ1n) is 7.77. The van der Waals surface area contributed by atoms with E-state index in [2.05, 4.69) is 17.1 Å². The molecule has 3 fully saturated rings. The first-order valence-corrected chi connectivity index (χ1v) is 7.77. The van der Waals surface area contributed by atoms with Crippen LogP contribution in [0.25, 0.3) is 0 Å². The van der Waals surface area contributed by atoms with E-state index in [1.165, 1.54) is 51.4 Å². The van der Waals surface area contributed by atoms with E-state index in [9.17, 15) is 4.79 Å². The van der Waals surface area contributed by atoms with Crippen molar-refractivity contribution in [2.24, 2.45) is 0 Å². The molecule has 0 bridgehead atoms. The Labute approximate surface area is 110 Å². The molecular formula is C15H26N2O. The minimum atomic E-state index is 0.116. The number of nitrogens with one attached hydrogen (secondary N) is 1. The maximum absolute atomic E-state index is 12.7. The van der Waals surface area contributed by atoms with Crippen molar-refractivity contribution in [1.82, 2.24) is 10.2 Å². The van der Waals surface area contributed by atoms with E-state index in [-0.39, 0.29) is 11.6 Å². The Morgan fingerprint density at radius 3 is 2.50 bits per heavy atom. The van der Waals surface area contributed by atoms with Crippen LogP contribution in [0.2, 0.25) is 0 Å². The summed E-state index contributed by atoms with van der Waals surface area (Å²) in [4.78, 5) is 14.9. The monoisotopic (exact) mass is 250 g/mol. The third-order valence-electron chi connectivity index (χ3n) is 5.04. The Morgan fingerprint density at radius 1 is 1.11 bits per heavy atom. The average Bonchev–Trinajstić information content (AvgIpc) is 3.16. The van der Waals surface area contributed by atoms with Crippen molar-refractivity contribution in [3.8, 4) is 0 Å². The molecule has 1 N–H and O–H groups in total. The SMILES string of the molecule is CC1(N2CCCC(NC3CC3)C2=O)CCCCC1. The Balaban J connectivity index is 1.68. The minimum Gasteiger partial charge on any atom is -0.336 e. The Bertz CT molecular complexity index is 318. The third kappa shape index (κ3) is 2.42. The van der Waals surface area contributed by atoms with Crippen molar-refractivity contribution in [3.63, 3.8) is 0 Å². The molecule has 1 aliphatic heterocycles. The molecule has 0 aromatic heterocycles. The van der Waals surface area contributed by atoms with Gasteiger partial charge in [-0.25, -0.2) is 0 Å². The van der Waals surface area contributed by atoms with Gasteiger partial charge in [0.15, 0.2) is 0 Å². The Kier molecular flexibility index (Phi) is 3.35. The number of nitrogens with zero attached hydrogens (tertiary/aromatic N) is 1. The fourth-order valence-corrected chi connectivity index (χ4v) is 3.68. The number of piperidine rings is 1. The number of rotatable bonds is 3. The lowest BCUT2D eigenvalue weighted by atomic mass is 9.80. The van der Waals surface area contributed by atoms with Gasteiger partial charge in [0.2, 0.25) is 5.91 Å². The minimum absolute atomic E-state index is 0.116. The molecule has 3 rings (SSSR count). The molecule has 0 spiro atoms. The van der Waals surface area contributed by atoms with Gasteiger partial charge in [-0.05, 0) is 45.4 Å². The largest absolute Gasteiger partial charge is 0.336 e. The highest BCUT2D eigenvalue weighted by atomic mass is 16.2. The summed E-state index contributed by atoms with van der Waals surface area (Å²) in [5.41, 5.74) is 0.152. The van der Waals surface area contributed by atoms with E-state index in [0.717, 1.165) is 13.0 Å². The molecule has 2 aliphatic carbocycles. The van der Waals surface area contributed by atoms with Crippen LogP contribution in [-0.2, 0) is 4.79 Å². The van der Waals surface area contributed by atoms with Gasteiger partial charge in [-0.3, -0.25) is 4.79 Å². The maximum Gasteiger partial charge on any atom is 0.240 e. The molecular weight excluding hydrogens is 224 g/mol. The summed E-state index contributed by atoms with van der Waals surface area (Å²) in [5, 5.41) is 3.54. The van der Waals surface area contributed by atoms with Gasteiger partial charge in [-0.2, -0.15) is 0 Å². The second-order valence-corrected chi connectivity index (χ2v) is 6.68. The summed E-state index contributed by atoms with van der Waals surface area (Å²) >= 11 is 0. The quantitative estimate of drug-likeness (QED) is 0.834. The van der Waals surface area contributed by atoms with Crippen LogP contribution in [0, 0.1) is 0 Å². The lowest BCUT2D eigenvalue weighted by Crippen LogP contribution is -2.59. The first kappa shape index (κ1) is 12.5. The van der Waals surface area contributed by atoms with Gasteiger partial charge in [0.25, 0.3) is 0 Å². The van der Waals surface area contributed by atoms with Crippen LogP contribution in [0.5, 0.6) is 0 Å². The van der Waals surface area contributed by atoms with E-state index in [0.29, 0.717) is 11.9 Å². The molecule has 1 atom stereocenters. The molecule has 1 amide bonds. The Morgan fingerprint density at radius 2 is 1.83 bits per heavy atom. The lowest BCUT2D eigenvalue weighted by molar-refractivity contribution is -0.144. The highest BCUT2D eigenvalue weighted by Gasteiger charge is 2.41. The molecule has 3 nitrogen and oxygen atoms in total. The molecule has 2 saturated carbocycles. The number of carbonyl (C=O) groups excluding carboxylic acids is 1. The molecule has 1 heterocycles. The summed E-state index contributed by atoms with van der Waals surface area (Å²) in [6.07, 6.45) is 11.1. The number of amides is 1. The summed E-state index contributed by atoms with van der Waals surface area (Å²) in [6, 6.07) is 0.753. The standard InChI is InChI=1S/C15H26N2O/c1-15(9-3-2-4-10-15)17-11-5-6-13(14(17)18)16-12-7-8-12/h12-13,16H,2-11H2,1H3. The fraction of sp³-hybridized carbons (Fsp3) is 0.933. The van der Waals surface area contributed by atoms with Crippen LogP contribution >= 0.6 is 0 Å². The van der Waals surface area contributed by atoms with Crippen molar-refractivity contribution in [2.45, 2.75) is 82.3 Å². The highest BCUT2D eigenvalue weighted by molar-refractivity contribution is 5.83. The average molecular weight is 250 g/mol. The molecule has 0 radical (unpaired) electrons. The maximum atomic E-state index is 12.7.